The largest absolute Gasteiger partial charge is 1.00 e. The number of aromatic nitrogens is 2. The Morgan fingerprint density at radius 3 is 2.44 bits per heavy atom. The third-order valence-electron chi connectivity index (χ3n) is 3.88. The van der Waals surface area contributed by atoms with E-state index in [4.69, 9.17) is 4.74 Å². The number of nitro groups is 1. The van der Waals surface area contributed by atoms with E-state index >= 15 is 0 Å². The van der Waals surface area contributed by atoms with Gasteiger partial charge in [0.05, 0.1) is 23.8 Å². The quantitative estimate of drug-likeness (QED) is 0.235. The van der Waals surface area contributed by atoms with Crippen molar-refractivity contribution in [2.45, 2.75) is 6.54 Å². The zero-order valence-electron chi connectivity index (χ0n) is 14.4. The van der Waals surface area contributed by atoms with Gasteiger partial charge in [0.1, 0.15) is 5.75 Å². The number of carbonyl (C=O) groups is 1. The maximum atomic E-state index is 12.3. The van der Waals surface area contributed by atoms with Crippen LogP contribution in [-0.2, 0) is 6.54 Å². The molecule has 0 aliphatic heterocycles. The smallest absolute Gasteiger partial charge is 0.287 e. The van der Waals surface area contributed by atoms with Gasteiger partial charge in [-0.3, -0.25) is 14.9 Å². The van der Waals surface area contributed by atoms with Crippen LogP contribution in [0, 0.1) is 10.1 Å². The molecule has 0 saturated heterocycles. The van der Waals surface area contributed by atoms with Gasteiger partial charge in [0.25, 0.3) is 12.0 Å². The lowest BCUT2D eigenvalue weighted by Gasteiger charge is -2.05. The Labute approximate surface area is 166 Å². The molecule has 3 rings (SSSR count). The van der Waals surface area contributed by atoms with Crippen molar-refractivity contribution < 1.29 is 36.0 Å². The van der Waals surface area contributed by atoms with Crippen LogP contribution >= 0.6 is 0 Å². The maximum Gasteiger partial charge on any atom is 0.287 e. The minimum absolute atomic E-state index is 0. The van der Waals surface area contributed by atoms with Crippen molar-refractivity contribution >= 4 is 11.5 Å². The lowest BCUT2D eigenvalue weighted by molar-refractivity contribution is -0.686. The second-order valence-corrected chi connectivity index (χ2v) is 5.55. The molecule has 0 bridgehead atoms. The normalized spacial score (nSPS) is 9.96. The molecule has 0 atom stereocenters. The van der Waals surface area contributed by atoms with Gasteiger partial charge in [0.2, 0.25) is 5.78 Å². The van der Waals surface area contributed by atoms with Gasteiger partial charge >= 0.3 is 0 Å². The Hall–Kier alpha value is -3.13. The third-order valence-corrected chi connectivity index (χ3v) is 3.88. The van der Waals surface area contributed by atoms with Crippen molar-refractivity contribution in [1.29, 1.82) is 0 Å². The number of ketones is 1. The predicted octanol–water partition coefficient (Wildman–Crippen LogP) is -0.160. The molecule has 1 aromatic heterocycles. The highest BCUT2D eigenvalue weighted by molar-refractivity contribution is 5.95. The number of Topliss-reactive ketones (excluding diaryl/α,β-unsaturated/α-hetero) is 1. The van der Waals surface area contributed by atoms with Crippen molar-refractivity contribution in [3.8, 4) is 17.0 Å². The Morgan fingerprint density at radius 2 is 1.85 bits per heavy atom. The van der Waals surface area contributed by atoms with E-state index in [1.807, 2.05) is 24.3 Å². The molecule has 0 saturated carbocycles. The molecule has 0 amide bonds. The molecular weight excluding hydrogens is 414 g/mol. The van der Waals surface area contributed by atoms with Crippen LogP contribution in [-0.4, -0.2) is 22.8 Å². The molecule has 1 heterocycles. The molecule has 0 N–H and O–H groups in total. The molecule has 0 spiro atoms. The molecule has 0 fully saturated rings. The van der Waals surface area contributed by atoms with Crippen molar-refractivity contribution in [2.24, 2.45) is 0 Å². The van der Waals surface area contributed by atoms with Gasteiger partial charge in [0, 0.05) is 23.8 Å². The van der Waals surface area contributed by atoms with Gasteiger partial charge in [-0.1, -0.05) is 12.1 Å². The van der Waals surface area contributed by atoms with E-state index in [0.29, 0.717) is 5.56 Å². The highest BCUT2D eigenvalue weighted by Gasteiger charge is 2.15. The number of hydrogen-bond acceptors (Lipinski definition) is 5. The van der Waals surface area contributed by atoms with E-state index < -0.39 is 4.92 Å². The van der Waals surface area contributed by atoms with Crippen LogP contribution in [0.25, 0.3) is 11.3 Å². The first kappa shape index (κ1) is 20.2. The van der Waals surface area contributed by atoms with E-state index in [9.17, 15) is 14.9 Å². The van der Waals surface area contributed by atoms with E-state index in [1.165, 1.54) is 24.3 Å². The van der Waals surface area contributed by atoms with Gasteiger partial charge in [-0.05, 0) is 29.2 Å². The highest BCUT2D eigenvalue weighted by atomic mass is 79.9. The van der Waals surface area contributed by atoms with E-state index in [0.717, 1.165) is 17.0 Å². The molecule has 0 aliphatic rings. The zero-order chi connectivity index (χ0) is 18.5. The van der Waals surface area contributed by atoms with E-state index in [-0.39, 0.29) is 35.0 Å². The summed E-state index contributed by atoms with van der Waals surface area (Å²) in [4.78, 5) is 26.9. The summed E-state index contributed by atoms with van der Waals surface area (Å²) < 4.78 is 6.99. The minimum atomic E-state index is -0.497. The van der Waals surface area contributed by atoms with Crippen LogP contribution in [0.4, 0.5) is 5.69 Å². The van der Waals surface area contributed by atoms with E-state index in [1.54, 1.807) is 30.3 Å². The van der Waals surface area contributed by atoms with Crippen LogP contribution in [0.2, 0.25) is 0 Å². The average molecular weight is 430 g/mol. The molecule has 0 aliphatic carbocycles. The number of non-ortho nitro benzene ring substituents is 1. The molecule has 7 nitrogen and oxygen atoms in total. The van der Waals surface area contributed by atoms with Gasteiger partial charge in [-0.15, -0.1) is 0 Å². The summed E-state index contributed by atoms with van der Waals surface area (Å²) in [6, 6.07) is 14.9. The fourth-order valence-corrected chi connectivity index (χ4v) is 2.52. The number of para-hydroxylation sites is 1. The fourth-order valence-electron chi connectivity index (χ4n) is 2.52. The SMILES string of the molecule is COc1ccccc1-c1cc[n+](CC(=O)c2ccc([N+](=O)[O-])cc2)cn1.[Br-]. The molecule has 2 aromatic carbocycles. The summed E-state index contributed by atoms with van der Waals surface area (Å²) in [5, 5.41) is 10.7. The van der Waals surface area contributed by atoms with Gasteiger partial charge in [-0.25, -0.2) is 4.57 Å². The van der Waals surface area contributed by atoms with Crippen LogP contribution < -0.4 is 26.3 Å². The number of nitro benzene ring substituents is 1. The second kappa shape index (κ2) is 9.00. The number of benzene rings is 2. The van der Waals surface area contributed by atoms with Crippen molar-refractivity contribution in [2.75, 3.05) is 7.11 Å². The first-order chi connectivity index (χ1) is 12.6. The summed E-state index contributed by atoms with van der Waals surface area (Å²) in [5.41, 5.74) is 1.97. The number of ether oxygens (including phenoxy) is 1. The summed E-state index contributed by atoms with van der Waals surface area (Å²) in [7, 11) is 1.60. The predicted molar refractivity (Wildman–Crippen MR) is 93.8 cm³/mol. The first-order valence-corrected chi connectivity index (χ1v) is 7.84. The number of nitrogens with zero attached hydrogens (tertiary/aromatic N) is 3. The Balaban J connectivity index is 0.00000261. The summed E-state index contributed by atoms with van der Waals surface area (Å²) in [6.45, 7) is 0.0943. The molecule has 27 heavy (non-hydrogen) atoms. The van der Waals surface area contributed by atoms with Crippen LogP contribution in [0.1, 0.15) is 10.4 Å². The number of hydrogen-bond donors (Lipinski definition) is 0. The second-order valence-electron chi connectivity index (χ2n) is 5.55. The first-order valence-electron chi connectivity index (χ1n) is 7.84. The highest BCUT2D eigenvalue weighted by Crippen LogP contribution is 2.27. The van der Waals surface area contributed by atoms with Crippen LogP contribution in [0.15, 0.2) is 67.1 Å². The summed E-state index contributed by atoms with van der Waals surface area (Å²) >= 11 is 0. The number of methoxy groups -OCH3 is 1. The maximum absolute atomic E-state index is 12.3. The molecular formula is C19H16BrN3O4. The Kier molecular flexibility index (Phi) is 6.73. The third kappa shape index (κ3) is 4.73. The lowest BCUT2D eigenvalue weighted by atomic mass is 10.1. The molecule has 8 heteroatoms. The minimum Gasteiger partial charge on any atom is -1.00 e. The van der Waals surface area contributed by atoms with Crippen LogP contribution in [0.3, 0.4) is 0 Å². The van der Waals surface area contributed by atoms with Crippen molar-refractivity contribution in [3.63, 3.8) is 0 Å². The Bertz CT molecular complexity index is 944. The molecule has 0 radical (unpaired) electrons. The van der Waals surface area contributed by atoms with E-state index in [2.05, 4.69) is 4.98 Å². The zero-order valence-corrected chi connectivity index (χ0v) is 16.0. The Morgan fingerprint density at radius 1 is 1.15 bits per heavy atom. The standard InChI is InChI=1S/C19H16N3O4.BrH/c1-26-19-5-3-2-4-16(19)17-10-11-21(13-20-17)12-18(23)14-6-8-15(9-7-14)22(24)25;/h2-11,13H,12H2,1H3;1H/q+1;/p-1. The fraction of sp³-hybridized carbons (Fsp3) is 0.105. The number of rotatable bonds is 6. The summed E-state index contributed by atoms with van der Waals surface area (Å²) in [6.07, 6.45) is 3.34. The molecule has 138 valence electrons. The molecule has 3 aromatic rings. The molecule has 0 unspecified atom stereocenters. The number of carbonyl (C=O) groups excluding carboxylic acids is 1. The summed E-state index contributed by atoms with van der Waals surface area (Å²) in [5.74, 6) is 0.566. The van der Waals surface area contributed by atoms with Crippen LogP contribution in [0.5, 0.6) is 5.75 Å². The number of halogens is 1. The lowest BCUT2D eigenvalue weighted by Crippen LogP contribution is -3.00. The van der Waals surface area contributed by atoms with Gasteiger partial charge in [0.15, 0.2) is 12.2 Å². The van der Waals surface area contributed by atoms with Crippen molar-refractivity contribution in [1.82, 2.24) is 4.98 Å². The van der Waals surface area contributed by atoms with Gasteiger partial charge in [-0.2, -0.15) is 0 Å². The average Bonchev–Trinajstić information content (AvgIpc) is 2.68. The monoisotopic (exact) mass is 429 g/mol. The van der Waals surface area contributed by atoms with Crippen molar-refractivity contribution in [3.05, 3.63) is 82.8 Å². The van der Waals surface area contributed by atoms with Gasteiger partial charge < -0.3 is 21.7 Å². The topological polar surface area (TPSA) is 86.2 Å².